The van der Waals surface area contributed by atoms with E-state index in [0.29, 0.717) is 0 Å². The minimum absolute atomic E-state index is 0.193. The van der Waals surface area contributed by atoms with Crippen molar-refractivity contribution >= 4 is 11.8 Å². The van der Waals surface area contributed by atoms with Crippen molar-refractivity contribution in [3.8, 4) is 0 Å². The maximum absolute atomic E-state index is 12.3. The van der Waals surface area contributed by atoms with E-state index in [1.165, 1.54) is 11.8 Å². The molecular formula is C9H11F3N2S. The van der Waals surface area contributed by atoms with Crippen LogP contribution in [-0.4, -0.2) is 15.7 Å². The van der Waals surface area contributed by atoms with Crippen LogP contribution in [-0.2, 0) is 6.18 Å². The van der Waals surface area contributed by atoms with Gasteiger partial charge >= 0.3 is 6.18 Å². The van der Waals surface area contributed by atoms with Crippen LogP contribution in [0.2, 0.25) is 0 Å². The van der Waals surface area contributed by atoms with E-state index in [1.54, 1.807) is 0 Å². The molecule has 0 spiro atoms. The molecule has 1 aromatic heterocycles. The SMILES string of the molecule is CCCCSc1nccc(C(F)(F)F)n1. The lowest BCUT2D eigenvalue weighted by atomic mass is 10.4. The van der Waals surface area contributed by atoms with Crippen molar-refractivity contribution < 1.29 is 13.2 Å². The Bertz CT molecular complexity index is 314. The third-order valence-corrected chi connectivity index (χ3v) is 2.60. The highest BCUT2D eigenvalue weighted by Gasteiger charge is 2.32. The first-order chi connectivity index (χ1) is 7.04. The molecule has 0 atom stereocenters. The van der Waals surface area contributed by atoms with E-state index in [9.17, 15) is 13.2 Å². The van der Waals surface area contributed by atoms with Gasteiger partial charge in [-0.2, -0.15) is 13.2 Å². The Labute approximate surface area is 90.3 Å². The molecule has 1 heterocycles. The molecule has 0 radical (unpaired) electrons. The van der Waals surface area contributed by atoms with Crippen LogP contribution in [0.15, 0.2) is 17.4 Å². The highest BCUT2D eigenvalue weighted by Crippen LogP contribution is 2.28. The highest BCUT2D eigenvalue weighted by molar-refractivity contribution is 7.99. The van der Waals surface area contributed by atoms with Gasteiger partial charge in [0.2, 0.25) is 0 Å². The molecule has 15 heavy (non-hydrogen) atoms. The molecule has 0 saturated heterocycles. The molecule has 0 aliphatic carbocycles. The number of hydrogen-bond acceptors (Lipinski definition) is 3. The van der Waals surface area contributed by atoms with Gasteiger partial charge in [-0.15, -0.1) is 0 Å². The third-order valence-electron chi connectivity index (χ3n) is 1.65. The van der Waals surface area contributed by atoms with Crippen LogP contribution in [0.1, 0.15) is 25.5 Å². The molecule has 0 unspecified atom stereocenters. The second kappa shape index (κ2) is 5.34. The summed E-state index contributed by atoms with van der Waals surface area (Å²) in [6.07, 6.45) is -1.29. The average Bonchev–Trinajstić information content (AvgIpc) is 2.17. The first kappa shape index (κ1) is 12.3. The van der Waals surface area contributed by atoms with Gasteiger partial charge in [0, 0.05) is 11.9 Å². The Morgan fingerprint density at radius 2 is 2.13 bits per heavy atom. The number of halogens is 3. The number of nitrogens with zero attached hydrogens (tertiary/aromatic N) is 2. The molecule has 0 N–H and O–H groups in total. The lowest BCUT2D eigenvalue weighted by Crippen LogP contribution is -2.08. The zero-order valence-electron chi connectivity index (χ0n) is 8.21. The number of thioether (sulfide) groups is 1. The zero-order chi connectivity index (χ0) is 11.3. The summed E-state index contributed by atoms with van der Waals surface area (Å²) in [4.78, 5) is 7.22. The van der Waals surface area contributed by atoms with E-state index >= 15 is 0 Å². The van der Waals surface area contributed by atoms with Crippen LogP contribution >= 0.6 is 11.8 Å². The number of hydrogen-bond donors (Lipinski definition) is 0. The summed E-state index contributed by atoms with van der Waals surface area (Å²) in [5, 5.41) is 0.193. The quantitative estimate of drug-likeness (QED) is 0.455. The number of aromatic nitrogens is 2. The Kier molecular flexibility index (Phi) is 4.38. The summed E-state index contributed by atoms with van der Waals surface area (Å²) in [5.41, 5.74) is -0.878. The lowest BCUT2D eigenvalue weighted by molar-refractivity contribution is -0.141. The molecule has 0 amide bonds. The maximum Gasteiger partial charge on any atom is 0.433 e. The summed E-state index contributed by atoms with van der Waals surface area (Å²) in [7, 11) is 0. The molecule has 0 fully saturated rings. The molecule has 84 valence electrons. The minimum Gasteiger partial charge on any atom is -0.231 e. The van der Waals surface area contributed by atoms with Crippen molar-refractivity contribution in [1.29, 1.82) is 0 Å². The van der Waals surface area contributed by atoms with Crippen LogP contribution in [0.25, 0.3) is 0 Å². The molecule has 6 heteroatoms. The molecule has 0 bridgehead atoms. The normalized spacial score (nSPS) is 11.7. The van der Waals surface area contributed by atoms with Crippen LogP contribution in [0.5, 0.6) is 0 Å². The molecule has 0 saturated carbocycles. The second-order valence-corrected chi connectivity index (χ2v) is 3.99. The largest absolute Gasteiger partial charge is 0.433 e. The van der Waals surface area contributed by atoms with Gasteiger partial charge in [-0.25, -0.2) is 9.97 Å². The minimum atomic E-state index is -4.39. The summed E-state index contributed by atoms with van der Waals surface area (Å²) in [6.45, 7) is 2.02. The molecule has 1 aromatic rings. The van der Waals surface area contributed by atoms with Gasteiger partial charge in [-0.1, -0.05) is 25.1 Å². The van der Waals surface area contributed by atoms with Crippen molar-refractivity contribution in [2.24, 2.45) is 0 Å². The van der Waals surface area contributed by atoms with E-state index < -0.39 is 11.9 Å². The van der Waals surface area contributed by atoms with Crippen molar-refractivity contribution in [2.75, 3.05) is 5.75 Å². The van der Waals surface area contributed by atoms with Crippen LogP contribution < -0.4 is 0 Å². The summed E-state index contributed by atoms with van der Waals surface area (Å²) >= 11 is 1.25. The van der Waals surface area contributed by atoms with E-state index in [4.69, 9.17) is 0 Å². The zero-order valence-corrected chi connectivity index (χ0v) is 9.03. The van der Waals surface area contributed by atoms with Gasteiger partial charge in [-0.3, -0.25) is 0 Å². The van der Waals surface area contributed by atoms with Gasteiger partial charge in [0.15, 0.2) is 5.16 Å². The highest BCUT2D eigenvalue weighted by atomic mass is 32.2. The van der Waals surface area contributed by atoms with Crippen molar-refractivity contribution in [2.45, 2.75) is 31.1 Å². The van der Waals surface area contributed by atoms with Crippen molar-refractivity contribution in [3.05, 3.63) is 18.0 Å². The molecule has 2 nitrogen and oxygen atoms in total. The molecule has 0 aliphatic heterocycles. The van der Waals surface area contributed by atoms with Gasteiger partial charge in [0.1, 0.15) is 5.69 Å². The van der Waals surface area contributed by atoms with E-state index in [0.717, 1.165) is 30.9 Å². The monoisotopic (exact) mass is 236 g/mol. The summed E-state index contributed by atoms with van der Waals surface area (Å²) in [6, 6.07) is 0.879. The predicted molar refractivity (Wildman–Crippen MR) is 52.7 cm³/mol. The van der Waals surface area contributed by atoms with E-state index in [1.807, 2.05) is 6.92 Å². The fraction of sp³-hybridized carbons (Fsp3) is 0.556. The van der Waals surface area contributed by atoms with Gasteiger partial charge < -0.3 is 0 Å². The van der Waals surface area contributed by atoms with E-state index in [-0.39, 0.29) is 5.16 Å². The Morgan fingerprint density at radius 3 is 2.73 bits per heavy atom. The summed E-state index contributed by atoms with van der Waals surface area (Å²) < 4.78 is 36.8. The maximum atomic E-state index is 12.3. The molecule has 0 aliphatic rings. The van der Waals surface area contributed by atoms with Crippen molar-refractivity contribution in [1.82, 2.24) is 9.97 Å². The fourth-order valence-electron chi connectivity index (χ4n) is 0.876. The Balaban J connectivity index is 2.66. The average molecular weight is 236 g/mol. The predicted octanol–water partition coefficient (Wildman–Crippen LogP) is 3.39. The molecular weight excluding hydrogens is 225 g/mol. The summed E-state index contributed by atoms with van der Waals surface area (Å²) in [5.74, 6) is 0.748. The van der Waals surface area contributed by atoms with Gasteiger partial charge in [0.25, 0.3) is 0 Å². The van der Waals surface area contributed by atoms with E-state index in [2.05, 4.69) is 9.97 Å². The Morgan fingerprint density at radius 1 is 1.40 bits per heavy atom. The number of unbranched alkanes of at least 4 members (excludes halogenated alkanes) is 1. The third kappa shape index (κ3) is 4.07. The fourth-order valence-corrected chi connectivity index (χ4v) is 1.79. The Hall–Kier alpha value is -0.780. The topological polar surface area (TPSA) is 25.8 Å². The lowest BCUT2D eigenvalue weighted by Gasteiger charge is -2.06. The van der Waals surface area contributed by atoms with Crippen LogP contribution in [0, 0.1) is 0 Å². The van der Waals surface area contributed by atoms with Crippen molar-refractivity contribution in [3.63, 3.8) is 0 Å². The smallest absolute Gasteiger partial charge is 0.231 e. The van der Waals surface area contributed by atoms with Crippen LogP contribution in [0.4, 0.5) is 13.2 Å². The van der Waals surface area contributed by atoms with Gasteiger partial charge in [-0.05, 0) is 12.5 Å². The molecule has 0 aromatic carbocycles. The van der Waals surface area contributed by atoms with Gasteiger partial charge in [0.05, 0.1) is 0 Å². The first-order valence-electron chi connectivity index (χ1n) is 4.57. The number of rotatable bonds is 4. The first-order valence-corrected chi connectivity index (χ1v) is 5.55. The van der Waals surface area contributed by atoms with Crippen LogP contribution in [0.3, 0.4) is 0 Å². The number of alkyl halides is 3. The second-order valence-electron chi connectivity index (χ2n) is 2.92. The standard InChI is InChI=1S/C9H11F3N2S/c1-2-3-6-15-8-13-5-4-7(14-8)9(10,11)12/h4-5H,2-3,6H2,1H3. The molecule has 1 rings (SSSR count).